The van der Waals surface area contributed by atoms with Crippen LogP contribution in [0.25, 0.3) is 5.57 Å². The van der Waals surface area contributed by atoms with E-state index in [0.29, 0.717) is 71.7 Å². The number of nitrogens with zero attached hydrogens (tertiary/aromatic N) is 1. The van der Waals surface area contributed by atoms with Crippen molar-refractivity contribution >= 4 is 60.5 Å². The number of methoxy groups -OCH3 is 4. The second-order valence-electron chi connectivity index (χ2n) is 20.3. The number of hydrogen-bond acceptors (Lipinski definition) is 15. The van der Waals surface area contributed by atoms with Crippen LogP contribution in [0.4, 0.5) is 10.5 Å². The number of terminal acetylenes is 1. The van der Waals surface area contributed by atoms with Crippen LogP contribution < -0.4 is 34.3 Å². The molecule has 0 bridgehead atoms. The highest BCUT2D eigenvalue weighted by Crippen LogP contribution is 2.50. The fourth-order valence-electron chi connectivity index (χ4n) is 7.63. The molecule has 14 nitrogen and oxygen atoms in total. The van der Waals surface area contributed by atoms with Crippen molar-refractivity contribution in [1.29, 1.82) is 0 Å². The van der Waals surface area contributed by atoms with Gasteiger partial charge in [0, 0.05) is 54.0 Å². The molecule has 420 valence electrons. The van der Waals surface area contributed by atoms with E-state index >= 15 is 0 Å². The van der Waals surface area contributed by atoms with Gasteiger partial charge in [-0.15, -0.1) is 12.3 Å². The molecule has 0 radical (unpaired) electrons. The van der Waals surface area contributed by atoms with Gasteiger partial charge in [-0.25, -0.2) is 4.79 Å². The summed E-state index contributed by atoms with van der Waals surface area (Å²) in [5, 5.41) is 26.9. The molecule has 0 saturated heterocycles. The standard InChI is InChI=1S/C38H56N2O8.C12H17NO3S3.C7H6.C2H6/c1-22-23(2)31(44-11)33(46-13)32(45-12)30(22)24-14-25-17-39-27-16-29(47-20-36(5,6)35(3,4)19-41)28(15-26(27)34(42)40(25)18-24)48-21-37(7,8)38(9,10)43;1-8-9(6-7-18-19-17-3)4-5-10(14)11(8)13-12(15)16-2;1-3-5-7-6-4-2;1-2/h15-16,18,25,39,41,43H,14,17,19-21H2,1-13H3;6H,4-5,7H2,1-3H3,(H,13,15);1,5,7H,2H3;1-2H3/b;9-6-;7-5-;. The Morgan fingerprint density at radius 1 is 0.882 bits per heavy atom. The first kappa shape index (κ1) is 66.8. The molecular weight excluding hydrogens is 1020 g/mol. The largest absolute Gasteiger partial charge is 0.492 e. The Morgan fingerprint density at radius 3 is 2.03 bits per heavy atom. The predicted octanol–water partition coefficient (Wildman–Crippen LogP) is 12.4. The van der Waals surface area contributed by atoms with Crippen LogP contribution in [-0.2, 0) is 9.53 Å². The summed E-state index contributed by atoms with van der Waals surface area (Å²) in [7, 11) is 11.3. The predicted molar refractivity (Wildman–Crippen MR) is 316 cm³/mol. The minimum Gasteiger partial charge on any atom is -0.492 e. The number of benzene rings is 2. The average Bonchev–Trinajstić information content (AvgIpc) is 3.77. The number of fused-ring (bicyclic) bond motifs is 2. The van der Waals surface area contributed by atoms with E-state index in [2.05, 4.69) is 53.1 Å². The molecule has 4 N–H and O–H groups in total. The van der Waals surface area contributed by atoms with Crippen LogP contribution >= 0.6 is 31.4 Å². The third-order valence-corrected chi connectivity index (χ3v) is 18.0. The molecule has 2 aromatic rings. The van der Waals surface area contributed by atoms with Gasteiger partial charge in [-0.2, -0.15) is 0 Å². The van der Waals surface area contributed by atoms with Crippen LogP contribution in [0.2, 0.25) is 0 Å². The third-order valence-electron chi connectivity index (χ3n) is 14.2. The topological polar surface area (TPSA) is 174 Å². The van der Waals surface area contributed by atoms with Crippen molar-refractivity contribution in [3.8, 4) is 52.9 Å². The van der Waals surface area contributed by atoms with Crippen LogP contribution in [-0.4, -0.2) is 111 Å². The van der Waals surface area contributed by atoms with Crippen molar-refractivity contribution in [2.45, 2.75) is 128 Å². The molecule has 0 fully saturated rings. The number of anilines is 1. The number of amides is 2. The van der Waals surface area contributed by atoms with Crippen LogP contribution in [0.5, 0.6) is 28.7 Å². The van der Waals surface area contributed by atoms with Gasteiger partial charge in [0.2, 0.25) is 5.75 Å². The number of carbonyl (C=O) groups excluding carboxylic acids is 3. The SMILES string of the molecule is C#C/C=C\C#CC.CC.COC(=O)NC1=C(C)/C(=C\CSSSC)CCC1=O.COc1c(C)c(C)c(C2=CN3C(=O)c4cc(OCC(C)(C)C(C)(C)O)c(OCC(C)(C)C(C)(C)CO)cc4NCC3C2)c(OC)c1OC. The molecule has 2 aromatic carbocycles. The number of allylic oxidation sites excluding steroid dienone is 5. The first-order chi connectivity index (χ1) is 35.8. The minimum absolute atomic E-state index is 0.00768. The summed E-state index contributed by atoms with van der Waals surface area (Å²) in [6.45, 7) is 28.2. The number of aliphatic hydroxyl groups is 2. The second kappa shape index (κ2) is 30.6. The van der Waals surface area contributed by atoms with Gasteiger partial charge in [0.15, 0.2) is 28.8 Å². The van der Waals surface area contributed by atoms with Gasteiger partial charge in [0.25, 0.3) is 5.91 Å². The first-order valence-corrected chi connectivity index (χ1v) is 29.3. The van der Waals surface area contributed by atoms with Gasteiger partial charge in [0.1, 0.15) is 0 Å². The minimum atomic E-state index is -1.02. The molecule has 1 aliphatic carbocycles. The quantitative estimate of drug-likeness (QED) is 0.0630. The molecule has 76 heavy (non-hydrogen) atoms. The van der Waals surface area contributed by atoms with E-state index in [1.165, 1.54) is 7.11 Å². The van der Waals surface area contributed by atoms with Crippen LogP contribution in [0.3, 0.4) is 0 Å². The summed E-state index contributed by atoms with van der Waals surface area (Å²) in [6, 6.07) is 3.43. The molecular formula is C59H85N3O11S3. The fourth-order valence-corrected chi connectivity index (χ4v) is 10.1. The highest BCUT2D eigenvalue weighted by Gasteiger charge is 2.41. The molecule has 2 amide bonds. The van der Waals surface area contributed by atoms with E-state index in [9.17, 15) is 24.6 Å². The van der Waals surface area contributed by atoms with E-state index < -0.39 is 22.5 Å². The van der Waals surface area contributed by atoms with Crippen molar-refractivity contribution in [3.63, 3.8) is 0 Å². The van der Waals surface area contributed by atoms with E-state index in [-0.39, 0.29) is 36.4 Å². The van der Waals surface area contributed by atoms with Gasteiger partial charge in [-0.05, 0) is 122 Å². The van der Waals surface area contributed by atoms with E-state index in [0.717, 1.165) is 45.6 Å². The van der Waals surface area contributed by atoms with Gasteiger partial charge in [0.05, 0.1) is 70.2 Å². The monoisotopic (exact) mass is 1110 g/mol. The summed E-state index contributed by atoms with van der Waals surface area (Å²) >= 11 is 0. The zero-order valence-electron chi connectivity index (χ0n) is 48.5. The van der Waals surface area contributed by atoms with Crippen molar-refractivity contribution in [1.82, 2.24) is 10.2 Å². The molecule has 3 aliphatic rings. The number of carbonyl (C=O) groups is 3. The van der Waals surface area contributed by atoms with Crippen LogP contribution in [0, 0.1) is 54.3 Å². The average molecular weight is 1110 g/mol. The van der Waals surface area contributed by atoms with E-state index in [4.69, 9.17) is 30.1 Å². The van der Waals surface area contributed by atoms with Gasteiger partial charge in [-0.3, -0.25) is 14.9 Å². The second-order valence-corrected chi connectivity index (χ2v) is 24.7. The lowest BCUT2D eigenvalue weighted by Crippen LogP contribution is -2.43. The Morgan fingerprint density at radius 2 is 1.49 bits per heavy atom. The Kier molecular flexibility index (Phi) is 26.9. The molecule has 0 aromatic heterocycles. The first-order valence-electron chi connectivity index (χ1n) is 25.2. The summed E-state index contributed by atoms with van der Waals surface area (Å²) in [5.41, 5.74) is 4.83. The molecule has 0 spiro atoms. The number of ether oxygens (including phenoxy) is 6. The highest BCUT2D eigenvalue weighted by atomic mass is 33.5. The number of rotatable bonds is 18. The normalized spacial score (nSPS) is 15.8. The van der Waals surface area contributed by atoms with Crippen molar-refractivity contribution in [2.75, 3.05) is 72.1 Å². The van der Waals surface area contributed by atoms with Crippen LogP contribution in [0.1, 0.15) is 129 Å². The number of Topliss-reactive ketones (excluding diaryl/α,β-unsaturated/α-hetero) is 1. The van der Waals surface area contributed by atoms with E-state index in [1.54, 1.807) is 96.6 Å². The fraction of sp³-hybridized carbons (Fsp3) is 0.542. The maximum Gasteiger partial charge on any atom is 0.411 e. The third kappa shape index (κ3) is 17.1. The Labute approximate surface area is 466 Å². The molecule has 1 atom stereocenters. The highest BCUT2D eigenvalue weighted by molar-refractivity contribution is 9.09. The lowest BCUT2D eigenvalue weighted by atomic mass is 9.69. The number of ketones is 1. The van der Waals surface area contributed by atoms with E-state index in [1.807, 2.05) is 80.8 Å². The molecule has 2 heterocycles. The molecule has 5 rings (SSSR count). The van der Waals surface area contributed by atoms with Crippen molar-refractivity contribution < 1.29 is 53.0 Å². The van der Waals surface area contributed by atoms with Crippen molar-refractivity contribution in [3.05, 3.63) is 75.7 Å². The number of nitrogens with one attached hydrogen (secondary N) is 2. The maximum absolute atomic E-state index is 14.3. The summed E-state index contributed by atoms with van der Waals surface area (Å²) < 4.78 is 34.6. The van der Waals surface area contributed by atoms with Crippen molar-refractivity contribution in [2.24, 2.45) is 16.2 Å². The van der Waals surface area contributed by atoms with Gasteiger partial charge in [-0.1, -0.05) is 94.9 Å². The zero-order chi connectivity index (χ0) is 57.8. The number of hydrogen-bond donors (Lipinski definition) is 4. The summed E-state index contributed by atoms with van der Waals surface area (Å²) in [4.78, 5) is 39.2. The maximum atomic E-state index is 14.3. The van der Waals surface area contributed by atoms with Crippen LogP contribution in [0.15, 0.2) is 53.4 Å². The molecule has 1 unspecified atom stereocenters. The number of alkyl carbamates (subject to hydrolysis) is 1. The van der Waals surface area contributed by atoms with Gasteiger partial charge >= 0.3 is 6.09 Å². The Bertz CT molecular complexity index is 2570. The molecule has 0 saturated carbocycles. The zero-order valence-corrected chi connectivity index (χ0v) is 51.0. The number of aliphatic hydroxyl groups excluding tert-OH is 1. The van der Waals surface area contributed by atoms with Gasteiger partial charge < -0.3 is 48.9 Å². The Balaban J connectivity index is 0.000000579. The molecule has 17 heteroatoms. The smallest absolute Gasteiger partial charge is 0.411 e. The molecule has 2 aliphatic heterocycles. The summed E-state index contributed by atoms with van der Waals surface area (Å²) in [6.07, 6.45) is 15.3. The summed E-state index contributed by atoms with van der Waals surface area (Å²) in [5.74, 6) is 11.0. The Hall–Kier alpha value is -5.30. The lowest BCUT2D eigenvalue weighted by molar-refractivity contribution is -0.116. The lowest BCUT2D eigenvalue weighted by Gasteiger charge is -2.40.